The molecule has 0 aliphatic rings. The molecule has 0 bridgehead atoms. The Morgan fingerprint density at radius 3 is 2.29 bits per heavy atom. The molecule has 5 nitrogen and oxygen atoms in total. The molecule has 1 aromatic heterocycles. The fourth-order valence-electron chi connectivity index (χ4n) is 2.98. The zero-order valence-corrected chi connectivity index (χ0v) is 18.7. The summed E-state index contributed by atoms with van der Waals surface area (Å²) in [7, 11) is 1.63. The van der Waals surface area contributed by atoms with Crippen molar-refractivity contribution in [3.05, 3.63) is 93.6 Å². The molecule has 0 aliphatic carbocycles. The van der Waals surface area contributed by atoms with Crippen molar-refractivity contribution in [2.75, 3.05) is 12.5 Å². The van der Waals surface area contributed by atoms with Gasteiger partial charge in [0.1, 0.15) is 11.4 Å². The lowest BCUT2D eigenvalue weighted by Crippen LogP contribution is -1.94. The molecular weight excluding hydrogens is 455 g/mol. The maximum absolute atomic E-state index is 6.22. The molecule has 8 heteroatoms. The van der Waals surface area contributed by atoms with Gasteiger partial charge in [-0.05, 0) is 48.5 Å². The number of nitrogens with zero attached hydrogens (tertiary/aromatic N) is 3. The van der Waals surface area contributed by atoms with Crippen molar-refractivity contribution >= 4 is 46.7 Å². The highest BCUT2D eigenvalue weighted by molar-refractivity contribution is 6.41. The molecule has 0 saturated carbocycles. The zero-order chi connectivity index (χ0) is 21.8. The molecule has 4 aromatic rings. The number of anilines is 1. The lowest BCUT2D eigenvalue weighted by Gasteiger charge is -2.06. The number of ether oxygens (including phenoxy) is 1. The summed E-state index contributed by atoms with van der Waals surface area (Å²) in [6.45, 7) is 0. The lowest BCUT2D eigenvalue weighted by molar-refractivity contribution is 0.415. The van der Waals surface area contributed by atoms with E-state index in [0.29, 0.717) is 20.8 Å². The molecule has 0 spiro atoms. The summed E-state index contributed by atoms with van der Waals surface area (Å²) in [6, 6.07) is 20.7. The number of hydrogen-bond acceptors (Lipinski definition) is 4. The van der Waals surface area contributed by atoms with Crippen molar-refractivity contribution in [1.82, 2.24) is 9.78 Å². The van der Waals surface area contributed by atoms with Gasteiger partial charge in [-0.3, -0.25) is 5.43 Å². The number of aromatic nitrogens is 2. The minimum absolute atomic E-state index is 0.380. The Morgan fingerprint density at radius 2 is 1.65 bits per heavy atom. The monoisotopic (exact) mass is 470 g/mol. The van der Waals surface area contributed by atoms with Crippen LogP contribution in [-0.4, -0.2) is 23.1 Å². The van der Waals surface area contributed by atoms with Gasteiger partial charge in [0.15, 0.2) is 0 Å². The highest BCUT2D eigenvalue weighted by Crippen LogP contribution is 2.33. The van der Waals surface area contributed by atoms with Gasteiger partial charge in [0, 0.05) is 22.3 Å². The Labute approximate surface area is 194 Å². The van der Waals surface area contributed by atoms with E-state index in [4.69, 9.17) is 44.6 Å². The quantitative estimate of drug-likeness (QED) is 0.244. The zero-order valence-electron chi connectivity index (χ0n) is 16.4. The first-order valence-corrected chi connectivity index (χ1v) is 10.4. The largest absolute Gasteiger partial charge is 0.497 e. The SMILES string of the molecule is COc1ccc(-c2nn(-c3ccccc3)cc2/C=N/Nc2c(Cl)cc(Cl)cc2Cl)cc1. The molecule has 0 fully saturated rings. The predicted octanol–water partition coefficient (Wildman–Crippen LogP) is 6.95. The van der Waals surface area contributed by atoms with Crippen molar-refractivity contribution < 1.29 is 4.74 Å². The molecule has 0 unspecified atom stereocenters. The Morgan fingerprint density at radius 1 is 0.968 bits per heavy atom. The van der Waals surface area contributed by atoms with Crippen LogP contribution in [0.2, 0.25) is 15.1 Å². The third-order valence-corrected chi connectivity index (χ3v) is 5.33. The molecule has 0 saturated heterocycles. The number of rotatable bonds is 6. The molecular formula is C23H17Cl3N4O. The van der Waals surface area contributed by atoms with Gasteiger partial charge < -0.3 is 4.74 Å². The molecule has 0 radical (unpaired) electrons. The average molecular weight is 472 g/mol. The second kappa shape index (κ2) is 9.43. The first kappa shape index (κ1) is 21.2. The Kier molecular flexibility index (Phi) is 6.47. The van der Waals surface area contributed by atoms with Crippen LogP contribution in [0.5, 0.6) is 5.75 Å². The molecule has 4 rings (SSSR count). The van der Waals surface area contributed by atoms with Crippen LogP contribution in [0.1, 0.15) is 5.56 Å². The highest BCUT2D eigenvalue weighted by atomic mass is 35.5. The van der Waals surface area contributed by atoms with Crippen LogP contribution in [0, 0.1) is 0 Å². The summed E-state index contributed by atoms with van der Waals surface area (Å²) in [5.41, 5.74) is 6.82. The fraction of sp³-hybridized carbons (Fsp3) is 0.0435. The number of hydrazone groups is 1. The first-order chi connectivity index (χ1) is 15.0. The normalized spacial score (nSPS) is 11.1. The summed E-state index contributed by atoms with van der Waals surface area (Å²) < 4.78 is 7.07. The fourth-order valence-corrected chi connectivity index (χ4v) is 3.88. The number of para-hydroxylation sites is 1. The van der Waals surface area contributed by atoms with Crippen LogP contribution in [0.4, 0.5) is 5.69 Å². The van der Waals surface area contributed by atoms with E-state index in [1.807, 2.05) is 65.5 Å². The predicted molar refractivity (Wildman–Crippen MR) is 128 cm³/mol. The third kappa shape index (κ3) is 4.85. The van der Waals surface area contributed by atoms with E-state index in [-0.39, 0.29) is 0 Å². The molecule has 3 aromatic carbocycles. The second-order valence-electron chi connectivity index (χ2n) is 6.56. The van der Waals surface area contributed by atoms with E-state index < -0.39 is 0 Å². The van der Waals surface area contributed by atoms with E-state index in [1.165, 1.54) is 0 Å². The average Bonchev–Trinajstić information content (AvgIpc) is 3.20. The van der Waals surface area contributed by atoms with E-state index in [1.54, 1.807) is 25.5 Å². The summed E-state index contributed by atoms with van der Waals surface area (Å²) >= 11 is 18.4. The van der Waals surface area contributed by atoms with Gasteiger partial charge in [0.2, 0.25) is 0 Å². The van der Waals surface area contributed by atoms with Crippen molar-refractivity contribution in [3.63, 3.8) is 0 Å². The standard InChI is InChI=1S/C23H17Cl3N4O/c1-31-19-9-7-15(8-10-19)22-16(14-30(29-22)18-5-3-2-4-6-18)13-27-28-23-20(25)11-17(24)12-21(23)26/h2-14,28H,1H3/b27-13+. The van der Waals surface area contributed by atoms with Gasteiger partial charge in [-0.15, -0.1) is 0 Å². The van der Waals surface area contributed by atoms with Crippen LogP contribution < -0.4 is 10.2 Å². The second-order valence-corrected chi connectivity index (χ2v) is 7.81. The van der Waals surface area contributed by atoms with Crippen molar-refractivity contribution in [3.8, 4) is 22.7 Å². The molecule has 1 heterocycles. The molecule has 0 aliphatic heterocycles. The van der Waals surface area contributed by atoms with Gasteiger partial charge in [-0.25, -0.2) is 4.68 Å². The van der Waals surface area contributed by atoms with E-state index in [0.717, 1.165) is 28.3 Å². The first-order valence-electron chi connectivity index (χ1n) is 9.28. The van der Waals surface area contributed by atoms with Gasteiger partial charge >= 0.3 is 0 Å². The number of nitrogens with one attached hydrogen (secondary N) is 1. The molecule has 31 heavy (non-hydrogen) atoms. The van der Waals surface area contributed by atoms with Crippen molar-refractivity contribution in [1.29, 1.82) is 0 Å². The molecule has 0 atom stereocenters. The minimum atomic E-state index is 0.380. The number of halogens is 3. The minimum Gasteiger partial charge on any atom is -0.497 e. The maximum atomic E-state index is 6.22. The van der Waals surface area contributed by atoms with Crippen molar-refractivity contribution in [2.45, 2.75) is 0 Å². The number of hydrogen-bond donors (Lipinski definition) is 1. The van der Waals surface area contributed by atoms with Gasteiger partial charge in [0.25, 0.3) is 0 Å². The lowest BCUT2D eigenvalue weighted by atomic mass is 10.1. The van der Waals surface area contributed by atoms with E-state index in [9.17, 15) is 0 Å². The van der Waals surface area contributed by atoms with Crippen molar-refractivity contribution in [2.24, 2.45) is 5.10 Å². The topological polar surface area (TPSA) is 51.4 Å². The van der Waals surface area contributed by atoms with Crippen LogP contribution in [0.15, 0.2) is 78.0 Å². The summed E-state index contributed by atoms with van der Waals surface area (Å²) in [5.74, 6) is 0.773. The van der Waals surface area contributed by atoms with Gasteiger partial charge in [-0.2, -0.15) is 10.2 Å². The Hall–Kier alpha value is -2.99. The van der Waals surface area contributed by atoms with E-state index >= 15 is 0 Å². The highest BCUT2D eigenvalue weighted by Gasteiger charge is 2.12. The molecule has 1 N–H and O–H groups in total. The smallest absolute Gasteiger partial charge is 0.118 e. The Balaban J connectivity index is 1.70. The summed E-state index contributed by atoms with van der Waals surface area (Å²) in [6.07, 6.45) is 3.58. The van der Waals surface area contributed by atoms with Crippen LogP contribution in [0.25, 0.3) is 16.9 Å². The Bertz CT molecular complexity index is 1200. The number of methoxy groups -OCH3 is 1. The van der Waals surface area contributed by atoms with Crippen LogP contribution >= 0.6 is 34.8 Å². The van der Waals surface area contributed by atoms with Crippen LogP contribution in [-0.2, 0) is 0 Å². The maximum Gasteiger partial charge on any atom is 0.118 e. The van der Waals surface area contributed by atoms with Crippen LogP contribution in [0.3, 0.4) is 0 Å². The van der Waals surface area contributed by atoms with Gasteiger partial charge in [0.05, 0.1) is 34.7 Å². The third-order valence-electron chi connectivity index (χ3n) is 4.51. The van der Waals surface area contributed by atoms with E-state index in [2.05, 4.69) is 10.5 Å². The molecule has 156 valence electrons. The summed E-state index contributed by atoms with van der Waals surface area (Å²) in [5, 5.41) is 10.3. The molecule has 0 amide bonds. The van der Waals surface area contributed by atoms with Gasteiger partial charge in [-0.1, -0.05) is 53.0 Å². The summed E-state index contributed by atoms with van der Waals surface area (Å²) in [4.78, 5) is 0. The number of benzene rings is 3.